The lowest BCUT2D eigenvalue weighted by Gasteiger charge is -2.34. The second kappa shape index (κ2) is 7.25. The number of hydrogen-bond acceptors (Lipinski definition) is 3. The van der Waals surface area contributed by atoms with Crippen LogP contribution >= 0.6 is 0 Å². The number of piperazine rings is 1. The van der Waals surface area contributed by atoms with Crippen molar-refractivity contribution in [2.24, 2.45) is 5.92 Å². The molecule has 134 valence electrons. The first-order valence-electron chi connectivity index (χ1n) is 8.88. The fourth-order valence-electron chi connectivity index (χ4n) is 2.94. The van der Waals surface area contributed by atoms with Crippen LogP contribution in [0.25, 0.3) is 0 Å². The molecule has 0 spiro atoms. The van der Waals surface area contributed by atoms with Crippen molar-refractivity contribution in [2.45, 2.75) is 39.3 Å². The number of carbonyl (C=O) groups is 3. The van der Waals surface area contributed by atoms with Crippen LogP contribution < -0.4 is 5.32 Å². The number of nitrogens with one attached hydrogen (secondary N) is 1. The summed E-state index contributed by atoms with van der Waals surface area (Å²) in [6.45, 7) is 5.51. The molecule has 0 aromatic heterocycles. The summed E-state index contributed by atoms with van der Waals surface area (Å²) in [6, 6.07) is 8.25. The van der Waals surface area contributed by atoms with Crippen LogP contribution in [0.15, 0.2) is 24.3 Å². The van der Waals surface area contributed by atoms with Crippen molar-refractivity contribution >= 4 is 17.7 Å². The van der Waals surface area contributed by atoms with Crippen LogP contribution in [0.1, 0.15) is 30.9 Å². The molecule has 1 atom stereocenters. The van der Waals surface area contributed by atoms with Gasteiger partial charge >= 0.3 is 11.8 Å². The third kappa shape index (κ3) is 4.38. The van der Waals surface area contributed by atoms with Gasteiger partial charge in [0, 0.05) is 32.2 Å². The Bertz CT molecular complexity index is 667. The van der Waals surface area contributed by atoms with Gasteiger partial charge in [0.05, 0.1) is 5.92 Å². The zero-order chi connectivity index (χ0) is 18.0. The highest BCUT2D eigenvalue weighted by molar-refractivity contribution is 6.35. The average molecular weight is 343 g/mol. The van der Waals surface area contributed by atoms with Crippen LogP contribution in [0.3, 0.4) is 0 Å². The van der Waals surface area contributed by atoms with Gasteiger partial charge in [0.2, 0.25) is 5.91 Å². The smallest absolute Gasteiger partial charge is 0.312 e. The van der Waals surface area contributed by atoms with Crippen LogP contribution in [0.2, 0.25) is 0 Å². The molecule has 1 aromatic rings. The van der Waals surface area contributed by atoms with Crippen LogP contribution in [0.4, 0.5) is 0 Å². The third-order valence-corrected chi connectivity index (χ3v) is 4.76. The van der Waals surface area contributed by atoms with Crippen LogP contribution in [-0.4, -0.2) is 53.2 Å². The standard InChI is InChI=1S/C19H25N3O3/c1-13-3-5-15(6-4-13)12-22-10-9-21(18(24)19(22)25)11-14(2)17(23)20-16-7-8-16/h3-6,14,16H,7-12H2,1-2H3,(H,20,23)/t14-/m1/s1. The number of amides is 3. The van der Waals surface area contributed by atoms with Gasteiger partial charge in [0.1, 0.15) is 0 Å². The predicted molar refractivity (Wildman–Crippen MR) is 93.5 cm³/mol. The SMILES string of the molecule is Cc1ccc(CN2CCN(C[C@@H](C)C(=O)NC3CC3)C(=O)C2=O)cc1. The van der Waals surface area contributed by atoms with Gasteiger partial charge < -0.3 is 15.1 Å². The molecule has 1 saturated carbocycles. The summed E-state index contributed by atoms with van der Waals surface area (Å²) in [5, 5.41) is 2.94. The third-order valence-electron chi connectivity index (χ3n) is 4.76. The van der Waals surface area contributed by atoms with Gasteiger partial charge in [-0.25, -0.2) is 0 Å². The van der Waals surface area contributed by atoms with Crippen molar-refractivity contribution < 1.29 is 14.4 Å². The lowest BCUT2D eigenvalue weighted by Crippen LogP contribution is -2.55. The van der Waals surface area contributed by atoms with Crippen molar-refractivity contribution in [3.8, 4) is 0 Å². The van der Waals surface area contributed by atoms with E-state index in [9.17, 15) is 14.4 Å². The van der Waals surface area contributed by atoms with Gasteiger partial charge in [-0.05, 0) is 25.3 Å². The zero-order valence-electron chi connectivity index (χ0n) is 14.8. The maximum Gasteiger partial charge on any atom is 0.312 e. The van der Waals surface area contributed by atoms with E-state index < -0.39 is 11.8 Å². The second-order valence-electron chi connectivity index (χ2n) is 7.15. The molecule has 1 aliphatic carbocycles. The van der Waals surface area contributed by atoms with E-state index >= 15 is 0 Å². The van der Waals surface area contributed by atoms with E-state index in [1.54, 1.807) is 11.8 Å². The summed E-state index contributed by atoms with van der Waals surface area (Å²) < 4.78 is 0. The molecule has 0 bridgehead atoms. The molecular weight excluding hydrogens is 318 g/mol. The molecule has 0 radical (unpaired) electrons. The van der Waals surface area contributed by atoms with E-state index in [-0.39, 0.29) is 11.8 Å². The highest BCUT2D eigenvalue weighted by Gasteiger charge is 2.34. The molecule has 3 amide bonds. The number of hydrogen-bond donors (Lipinski definition) is 1. The zero-order valence-corrected chi connectivity index (χ0v) is 14.8. The molecule has 3 rings (SSSR count). The van der Waals surface area contributed by atoms with Crippen LogP contribution in [-0.2, 0) is 20.9 Å². The molecule has 1 N–H and O–H groups in total. The largest absolute Gasteiger partial charge is 0.353 e. The van der Waals surface area contributed by atoms with E-state index in [0.717, 1.165) is 24.0 Å². The summed E-state index contributed by atoms with van der Waals surface area (Å²) in [5.74, 6) is -1.34. The van der Waals surface area contributed by atoms with Gasteiger partial charge in [-0.3, -0.25) is 14.4 Å². The molecule has 0 unspecified atom stereocenters. The predicted octanol–water partition coefficient (Wildman–Crippen LogP) is 1.08. The molecule has 1 heterocycles. The van der Waals surface area contributed by atoms with Gasteiger partial charge in [-0.1, -0.05) is 36.8 Å². The van der Waals surface area contributed by atoms with Crippen molar-refractivity contribution in [1.29, 1.82) is 0 Å². The van der Waals surface area contributed by atoms with Gasteiger partial charge in [-0.15, -0.1) is 0 Å². The maximum atomic E-state index is 12.4. The first-order valence-corrected chi connectivity index (χ1v) is 8.88. The summed E-state index contributed by atoms with van der Waals surface area (Å²) in [5.41, 5.74) is 2.17. The summed E-state index contributed by atoms with van der Waals surface area (Å²) in [7, 11) is 0. The Morgan fingerprint density at radius 1 is 1.12 bits per heavy atom. The van der Waals surface area contributed by atoms with E-state index in [2.05, 4.69) is 5.32 Å². The summed E-state index contributed by atoms with van der Waals surface area (Å²) in [6.07, 6.45) is 2.07. The number of nitrogens with zero attached hydrogens (tertiary/aromatic N) is 2. The second-order valence-corrected chi connectivity index (χ2v) is 7.15. The maximum absolute atomic E-state index is 12.4. The Hall–Kier alpha value is -2.37. The molecule has 6 heteroatoms. The number of rotatable bonds is 6. The fourth-order valence-corrected chi connectivity index (χ4v) is 2.94. The molecule has 2 aliphatic rings. The van der Waals surface area contributed by atoms with Gasteiger partial charge in [0.15, 0.2) is 0 Å². The Balaban J connectivity index is 1.54. The van der Waals surface area contributed by atoms with Crippen molar-refractivity contribution in [3.63, 3.8) is 0 Å². The van der Waals surface area contributed by atoms with E-state index in [4.69, 9.17) is 0 Å². The minimum atomic E-state index is -0.510. The normalized spacial score (nSPS) is 19.1. The van der Waals surface area contributed by atoms with Gasteiger partial charge in [-0.2, -0.15) is 0 Å². The molecule has 25 heavy (non-hydrogen) atoms. The first kappa shape index (κ1) is 17.5. The quantitative estimate of drug-likeness (QED) is 0.786. The Kier molecular flexibility index (Phi) is 5.06. The molecule has 1 aliphatic heterocycles. The fraction of sp³-hybridized carbons (Fsp3) is 0.526. The minimum Gasteiger partial charge on any atom is -0.353 e. The van der Waals surface area contributed by atoms with Crippen molar-refractivity contribution in [2.75, 3.05) is 19.6 Å². The molecule has 1 aromatic carbocycles. The Morgan fingerprint density at radius 3 is 2.36 bits per heavy atom. The number of aryl methyl sites for hydroxylation is 1. The Labute approximate surface area is 148 Å². The summed E-state index contributed by atoms with van der Waals surface area (Å²) in [4.78, 5) is 39.9. The van der Waals surface area contributed by atoms with Crippen LogP contribution in [0.5, 0.6) is 0 Å². The van der Waals surface area contributed by atoms with E-state index in [0.29, 0.717) is 32.2 Å². The van der Waals surface area contributed by atoms with Crippen molar-refractivity contribution in [3.05, 3.63) is 35.4 Å². The van der Waals surface area contributed by atoms with E-state index in [1.165, 1.54) is 4.90 Å². The van der Waals surface area contributed by atoms with Crippen LogP contribution in [0, 0.1) is 12.8 Å². The Morgan fingerprint density at radius 2 is 1.72 bits per heavy atom. The lowest BCUT2D eigenvalue weighted by atomic mass is 10.1. The topological polar surface area (TPSA) is 69.7 Å². The average Bonchev–Trinajstić information content (AvgIpc) is 3.40. The highest BCUT2D eigenvalue weighted by Crippen LogP contribution is 2.19. The minimum absolute atomic E-state index is 0.0372. The molecular formula is C19H25N3O3. The lowest BCUT2D eigenvalue weighted by molar-refractivity contribution is -0.157. The molecule has 6 nitrogen and oxygen atoms in total. The summed E-state index contributed by atoms with van der Waals surface area (Å²) >= 11 is 0. The molecule has 2 fully saturated rings. The first-order chi connectivity index (χ1) is 11.9. The number of carbonyl (C=O) groups excluding carboxylic acids is 3. The van der Waals surface area contributed by atoms with Crippen molar-refractivity contribution in [1.82, 2.24) is 15.1 Å². The highest BCUT2D eigenvalue weighted by atomic mass is 16.2. The number of benzene rings is 1. The monoisotopic (exact) mass is 343 g/mol. The van der Waals surface area contributed by atoms with E-state index in [1.807, 2.05) is 31.2 Å². The molecule has 1 saturated heterocycles. The van der Waals surface area contributed by atoms with Gasteiger partial charge in [0.25, 0.3) is 0 Å².